The van der Waals surface area contributed by atoms with Crippen molar-refractivity contribution < 1.29 is 22.7 Å². The minimum atomic E-state index is -2.95. The summed E-state index contributed by atoms with van der Waals surface area (Å²) >= 11 is 0. The van der Waals surface area contributed by atoms with E-state index in [-0.39, 0.29) is 5.75 Å². The predicted molar refractivity (Wildman–Crippen MR) is 96.3 cm³/mol. The maximum absolute atomic E-state index is 13.3. The summed E-state index contributed by atoms with van der Waals surface area (Å²) in [5.74, 6) is -0.412. The van der Waals surface area contributed by atoms with Gasteiger partial charge in [0.25, 0.3) is 0 Å². The molecule has 0 unspecified atom stereocenters. The number of rotatable bonds is 5. The molecule has 0 saturated carbocycles. The molecule has 0 N–H and O–H groups in total. The molecule has 0 saturated heterocycles. The zero-order valence-electron chi connectivity index (χ0n) is 14.2. The number of pyridine rings is 1. The second-order valence-electron chi connectivity index (χ2n) is 5.90. The number of ether oxygens (including phenoxy) is 1. The number of aldehydes is 1. The molecule has 2 heterocycles. The molecule has 0 amide bonds. The molecule has 4 aromatic rings. The summed E-state index contributed by atoms with van der Waals surface area (Å²) in [6.07, 6.45) is 2.06. The summed E-state index contributed by atoms with van der Waals surface area (Å²) in [4.78, 5) is 15.5. The lowest BCUT2D eigenvalue weighted by Gasteiger charge is -2.05. The Morgan fingerprint density at radius 3 is 2.57 bits per heavy atom. The third-order valence-electron chi connectivity index (χ3n) is 4.08. The van der Waals surface area contributed by atoms with Crippen LogP contribution in [-0.2, 0) is 0 Å². The van der Waals surface area contributed by atoms with Gasteiger partial charge in [-0.15, -0.1) is 0 Å². The molecule has 8 heteroatoms. The predicted octanol–water partition coefficient (Wildman–Crippen LogP) is 4.64. The molecule has 0 spiro atoms. The van der Waals surface area contributed by atoms with E-state index in [1.165, 1.54) is 47.3 Å². The average molecular weight is 383 g/mol. The summed E-state index contributed by atoms with van der Waals surface area (Å²) in [6, 6.07) is 13.3. The van der Waals surface area contributed by atoms with E-state index in [9.17, 15) is 18.0 Å². The van der Waals surface area contributed by atoms with Crippen LogP contribution in [0, 0.1) is 5.82 Å². The van der Waals surface area contributed by atoms with E-state index in [2.05, 4.69) is 14.8 Å². The Hall–Kier alpha value is -3.68. The van der Waals surface area contributed by atoms with Gasteiger partial charge in [0.05, 0.1) is 11.2 Å². The van der Waals surface area contributed by atoms with Crippen LogP contribution in [0.4, 0.5) is 13.2 Å². The lowest BCUT2D eigenvalue weighted by atomic mass is 10.1. The number of carbonyl (C=O) groups excluding carboxylic acids is 1. The third-order valence-corrected chi connectivity index (χ3v) is 4.08. The van der Waals surface area contributed by atoms with Crippen LogP contribution >= 0.6 is 0 Å². The highest BCUT2D eigenvalue weighted by Gasteiger charge is 2.17. The Kier molecular flexibility index (Phi) is 4.52. The van der Waals surface area contributed by atoms with E-state index in [0.717, 1.165) is 0 Å². The maximum atomic E-state index is 13.3. The number of nitrogens with zero attached hydrogens (tertiary/aromatic N) is 3. The van der Waals surface area contributed by atoms with Gasteiger partial charge in [0.15, 0.2) is 6.29 Å². The van der Waals surface area contributed by atoms with Crippen LogP contribution in [0.2, 0.25) is 0 Å². The molecule has 0 bridgehead atoms. The quantitative estimate of drug-likeness (QED) is 0.471. The number of fused-ring (bicyclic) bond motifs is 1. The highest BCUT2D eigenvalue weighted by molar-refractivity contribution is 5.93. The third kappa shape index (κ3) is 3.32. The fourth-order valence-electron chi connectivity index (χ4n) is 2.87. The molecule has 0 aliphatic heterocycles. The minimum Gasteiger partial charge on any atom is -0.435 e. The van der Waals surface area contributed by atoms with Crippen molar-refractivity contribution in [2.45, 2.75) is 6.61 Å². The van der Waals surface area contributed by atoms with Crippen molar-refractivity contribution in [2.75, 3.05) is 0 Å². The molecule has 0 atom stereocenters. The summed E-state index contributed by atoms with van der Waals surface area (Å²) < 4.78 is 44.3. The molecule has 2 aromatic heterocycles. The Balaban J connectivity index is 1.92. The molecular weight excluding hydrogens is 371 g/mol. The topological polar surface area (TPSA) is 57.0 Å². The maximum Gasteiger partial charge on any atom is 0.387 e. The number of hydrogen-bond donors (Lipinski definition) is 0. The van der Waals surface area contributed by atoms with Gasteiger partial charge in [0.2, 0.25) is 0 Å². The van der Waals surface area contributed by atoms with E-state index in [1.54, 1.807) is 18.2 Å². The lowest BCUT2D eigenvalue weighted by Crippen LogP contribution is -2.01. The van der Waals surface area contributed by atoms with Gasteiger partial charge in [0.1, 0.15) is 22.8 Å². The van der Waals surface area contributed by atoms with Gasteiger partial charge in [0, 0.05) is 17.3 Å². The molecule has 0 fully saturated rings. The summed E-state index contributed by atoms with van der Waals surface area (Å²) in [6.45, 7) is -2.95. The van der Waals surface area contributed by atoms with Crippen molar-refractivity contribution in [3.63, 3.8) is 0 Å². The van der Waals surface area contributed by atoms with Gasteiger partial charge in [-0.1, -0.05) is 12.1 Å². The molecule has 0 aliphatic rings. The fourth-order valence-corrected chi connectivity index (χ4v) is 2.87. The Labute approximate surface area is 157 Å². The summed E-state index contributed by atoms with van der Waals surface area (Å²) in [5.41, 5.74) is 2.81. The van der Waals surface area contributed by atoms with Gasteiger partial charge < -0.3 is 4.74 Å². The highest BCUT2D eigenvalue weighted by Crippen LogP contribution is 2.31. The molecular formula is C20H12F3N3O2. The SMILES string of the molecule is O=Cc1cnc2c(-c3cccc(OC(F)F)c3)nn(-c3ccc(F)cc3)c2c1. The van der Waals surface area contributed by atoms with Crippen LogP contribution in [0.5, 0.6) is 5.75 Å². The standard InChI is InChI=1S/C20H12F3N3O2/c21-14-4-6-15(7-5-14)26-17-8-12(11-27)10-24-19(17)18(25-26)13-2-1-3-16(9-13)28-20(22)23/h1-11,20H. The van der Waals surface area contributed by atoms with Gasteiger partial charge in [-0.3, -0.25) is 9.78 Å². The van der Waals surface area contributed by atoms with Crippen LogP contribution in [0.1, 0.15) is 10.4 Å². The number of halogens is 3. The average Bonchev–Trinajstić information content (AvgIpc) is 3.07. The Morgan fingerprint density at radius 1 is 1.07 bits per heavy atom. The summed E-state index contributed by atoms with van der Waals surface area (Å²) in [5, 5.41) is 4.53. The number of aromatic nitrogens is 3. The van der Waals surface area contributed by atoms with Crippen LogP contribution in [0.25, 0.3) is 28.0 Å². The van der Waals surface area contributed by atoms with E-state index >= 15 is 0 Å². The first kappa shape index (κ1) is 17.7. The Morgan fingerprint density at radius 2 is 1.86 bits per heavy atom. The van der Waals surface area contributed by atoms with Crippen molar-refractivity contribution in [3.8, 4) is 22.7 Å². The number of carbonyl (C=O) groups is 1. The van der Waals surface area contributed by atoms with Gasteiger partial charge >= 0.3 is 6.61 Å². The largest absolute Gasteiger partial charge is 0.435 e. The first-order valence-electron chi connectivity index (χ1n) is 8.20. The zero-order valence-corrected chi connectivity index (χ0v) is 14.2. The van der Waals surface area contributed by atoms with Crippen molar-refractivity contribution in [1.82, 2.24) is 14.8 Å². The molecule has 4 rings (SSSR count). The van der Waals surface area contributed by atoms with Crippen molar-refractivity contribution in [1.29, 1.82) is 0 Å². The smallest absolute Gasteiger partial charge is 0.387 e. The summed E-state index contributed by atoms with van der Waals surface area (Å²) in [7, 11) is 0. The highest BCUT2D eigenvalue weighted by atomic mass is 19.3. The zero-order chi connectivity index (χ0) is 19.7. The van der Waals surface area contributed by atoms with Crippen molar-refractivity contribution >= 4 is 17.3 Å². The van der Waals surface area contributed by atoms with E-state index in [0.29, 0.717) is 39.8 Å². The Bertz CT molecular complexity index is 1160. The van der Waals surface area contributed by atoms with E-state index < -0.39 is 12.4 Å². The second-order valence-corrected chi connectivity index (χ2v) is 5.90. The molecule has 0 radical (unpaired) electrons. The number of alkyl halides is 2. The van der Waals surface area contributed by atoms with E-state index in [4.69, 9.17) is 0 Å². The van der Waals surface area contributed by atoms with Crippen molar-refractivity contribution in [3.05, 3.63) is 72.2 Å². The number of benzene rings is 2. The first-order chi connectivity index (χ1) is 13.5. The van der Waals surface area contributed by atoms with Crippen molar-refractivity contribution in [2.24, 2.45) is 0 Å². The van der Waals surface area contributed by atoms with Crippen LogP contribution in [-0.4, -0.2) is 27.7 Å². The fraction of sp³-hybridized carbons (Fsp3) is 0.0500. The minimum absolute atomic E-state index is 0.0125. The monoisotopic (exact) mass is 383 g/mol. The number of hydrogen-bond acceptors (Lipinski definition) is 4. The van der Waals surface area contributed by atoms with E-state index in [1.807, 2.05) is 0 Å². The van der Waals surface area contributed by atoms with Crippen LogP contribution in [0.15, 0.2) is 60.8 Å². The van der Waals surface area contributed by atoms with Gasteiger partial charge in [-0.2, -0.15) is 13.9 Å². The molecule has 28 heavy (non-hydrogen) atoms. The first-order valence-corrected chi connectivity index (χ1v) is 8.20. The van der Waals surface area contributed by atoms with Crippen LogP contribution < -0.4 is 4.74 Å². The molecule has 2 aromatic carbocycles. The molecule has 5 nitrogen and oxygen atoms in total. The lowest BCUT2D eigenvalue weighted by molar-refractivity contribution is -0.0498. The molecule has 0 aliphatic carbocycles. The van der Waals surface area contributed by atoms with Crippen LogP contribution in [0.3, 0.4) is 0 Å². The molecule has 140 valence electrons. The normalized spacial score (nSPS) is 11.1. The van der Waals surface area contributed by atoms with Gasteiger partial charge in [-0.05, 0) is 42.5 Å². The second kappa shape index (κ2) is 7.15. The van der Waals surface area contributed by atoms with Gasteiger partial charge in [-0.25, -0.2) is 9.07 Å².